The van der Waals surface area contributed by atoms with Crippen molar-refractivity contribution in [1.29, 1.82) is 0 Å². The molecule has 0 aliphatic carbocycles. The second-order valence-electron chi connectivity index (χ2n) is 6.74. The van der Waals surface area contributed by atoms with E-state index in [1.54, 1.807) is 29.2 Å². The number of benzene rings is 1. The van der Waals surface area contributed by atoms with E-state index in [1.807, 2.05) is 13.0 Å². The Balaban J connectivity index is 1.66. The predicted molar refractivity (Wildman–Crippen MR) is 94.9 cm³/mol. The van der Waals surface area contributed by atoms with Gasteiger partial charge in [0, 0.05) is 25.7 Å². The molecule has 138 valence electrons. The number of hydrogen-bond donors (Lipinski definition) is 0. The quantitative estimate of drug-likeness (QED) is 0.841. The number of amides is 2. The number of furan rings is 1. The van der Waals surface area contributed by atoms with E-state index in [0.29, 0.717) is 18.7 Å². The summed E-state index contributed by atoms with van der Waals surface area (Å²) in [4.78, 5) is 28.9. The van der Waals surface area contributed by atoms with Gasteiger partial charge in [0.05, 0.1) is 18.2 Å². The molecule has 2 atom stereocenters. The molecule has 1 aromatic carbocycles. The first-order chi connectivity index (χ1) is 12.5. The lowest BCUT2D eigenvalue weighted by molar-refractivity contribution is -0.137. The minimum absolute atomic E-state index is 0.00510. The van der Waals surface area contributed by atoms with Crippen LogP contribution in [0, 0.1) is 11.7 Å². The maximum absolute atomic E-state index is 13.1. The third kappa shape index (κ3) is 3.79. The first-order valence-electron chi connectivity index (χ1n) is 8.82. The third-order valence-electron chi connectivity index (χ3n) is 5.03. The van der Waals surface area contributed by atoms with Crippen molar-refractivity contribution in [3.8, 4) is 0 Å². The second-order valence-corrected chi connectivity index (χ2v) is 6.74. The van der Waals surface area contributed by atoms with Gasteiger partial charge in [0.1, 0.15) is 11.6 Å². The van der Waals surface area contributed by atoms with E-state index >= 15 is 0 Å². The van der Waals surface area contributed by atoms with Crippen molar-refractivity contribution >= 4 is 11.8 Å². The number of piperidine rings is 1. The maximum Gasteiger partial charge on any atom is 0.253 e. The van der Waals surface area contributed by atoms with Gasteiger partial charge in [0.25, 0.3) is 5.91 Å². The maximum atomic E-state index is 13.1. The molecule has 1 aliphatic heterocycles. The fraction of sp³-hybridized carbons (Fsp3) is 0.400. The van der Waals surface area contributed by atoms with E-state index in [9.17, 15) is 14.0 Å². The van der Waals surface area contributed by atoms with E-state index in [-0.39, 0.29) is 29.6 Å². The Hall–Kier alpha value is -2.63. The minimum atomic E-state index is -0.373. The first-order valence-corrected chi connectivity index (χ1v) is 8.82. The van der Waals surface area contributed by atoms with Gasteiger partial charge in [0.2, 0.25) is 5.91 Å². The Morgan fingerprint density at radius 2 is 2.00 bits per heavy atom. The molecule has 2 heterocycles. The zero-order chi connectivity index (χ0) is 18.7. The van der Waals surface area contributed by atoms with Gasteiger partial charge in [-0.3, -0.25) is 9.59 Å². The molecule has 1 aromatic heterocycles. The Morgan fingerprint density at radius 3 is 2.65 bits per heavy atom. The lowest BCUT2D eigenvalue weighted by atomic mass is 9.95. The molecule has 1 aliphatic rings. The van der Waals surface area contributed by atoms with E-state index in [4.69, 9.17) is 4.42 Å². The van der Waals surface area contributed by atoms with Crippen molar-refractivity contribution in [3.05, 3.63) is 59.8 Å². The average Bonchev–Trinajstić information content (AvgIpc) is 3.21. The van der Waals surface area contributed by atoms with Gasteiger partial charge in [-0.05, 0) is 56.2 Å². The van der Waals surface area contributed by atoms with E-state index in [0.717, 1.165) is 18.6 Å². The first kappa shape index (κ1) is 18.2. The molecule has 5 nitrogen and oxygen atoms in total. The van der Waals surface area contributed by atoms with Crippen LogP contribution in [0.4, 0.5) is 4.39 Å². The van der Waals surface area contributed by atoms with Gasteiger partial charge in [-0.2, -0.15) is 0 Å². The summed E-state index contributed by atoms with van der Waals surface area (Å²) in [6.07, 6.45) is 3.11. The number of hydrogen-bond acceptors (Lipinski definition) is 3. The smallest absolute Gasteiger partial charge is 0.253 e. The van der Waals surface area contributed by atoms with Gasteiger partial charge in [-0.15, -0.1) is 0 Å². The van der Waals surface area contributed by atoms with Crippen LogP contribution in [0.25, 0.3) is 0 Å². The number of likely N-dealkylation sites (tertiary alicyclic amines) is 1. The van der Waals surface area contributed by atoms with Crippen LogP contribution in [0.5, 0.6) is 0 Å². The summed E-state index contributed by atoms with van der Waals surface area (Å²) in [6.45, 7) is 2.91. The largest absolute Gasteiger partial charge is 0.467 e. The summed E-state index contributed by atoms with van der Waals surface area (Å²) in [5, 5.41) is 0. The minimum Gasteiger partial charge on any atom is -0.467 e. The molecule has 26 heavy (non-hydrogen) atoms. The van der Waals surface area contributed by atoms with Crippen LogP contribution in [0.3, 0.4) is 0 Å². The summed E-state index contributed by atoms with van der Waals surface area (Å²) in [6, 6.07) is 8.99. The van der Waals surface area contributed by atoms with Crippen molar-refractivity contribution in [2.45, 2.75) is 25.8 Å². The standard InChI is InChI=1S/C20H23FN2O3/c1-14(18-6-4-12-26-18)22(2)19(24)16-5-3-11-23(13-16)20(25)15-7-9-17(21)10-8-15/h4,6-10,12,14,16H,3,5,11,13H2,1-2H3. The second kappa shape index (κ2) is 7.72. The van der Waals surface area contributed by atoms with E-state index in [2.05, 4.69) is 0 Å². The Labute approximate surface area is 152 Å². The molecule has 1 saturated heterocycles. The predicted octanol–water partition coefficient (Wildman–Crippen LogP) is 3.49. The van der Waals surface area contributed by atoms with E-state index < -0.39 is 0 Å². The van der Waals surface area contributed by atoms with Gasteiger partial charge in [-0.1, -0.05) is 0 Å². The molecule has 3 rings (SSSR count). The Morgan fingerprint density at radius 1 is 1.27 bits per heavy atom. The van der Waals surface area contributed by atoms with Gasteiger partial charge < -0.3 is 14.2 Å². The third-order valence-corrected chi connectivity index (χ3v) is 5.03. The SMILES string of the molecule is CC(c1ccco1)N(C)C(=O)C1CCCN(C(=O)c2ccc(F)cc2)C1. The van der Waals surface area contributed by atoms with Crippen LogP contribution in [-0.2, 0) is 4.79 Å². The monoisotopic (exact) mass is 358 g/mol. The highest BCUT2D eigenvalue weighted by Gasteiger charge is 2.32. The zero-order valence-electron chi connectivity index (χ0n) is 15.0. The van der Waals surface area contributed by atoms with Crippen molar-refractivity contribution in [3.63, 3.8) is 0 Å². The highest BCUT2D eigenvalue weighted by Crippen LogP contribution is 2.25. The fourth-order valence-corrected chi connectivity index (χ4v) is 3.34. The van der Waals surface area contributed by atoms with Crippen molar-refractivity contribution in [2.75, 3.05) is 20.1 Å². The van der Waals surface area contributed by atoms with Crippen molar-refractivity contribution in [2.24, 2.45) is 5.92 Å². The lowest BCUT2D eigenvalue weighted by Gasteiger charge is -2.35. The topological polar surface area (TPSA) is 53.8 Å². The van der Waals surface area contributed by atoms with Crippen LogP contribution in [0.1, 0.15) is 41.9 Å². The summed E-state index contributed by atoms with van der Waals surface area (Å²) < 4.78 is 18.5. The molecular weight excluding hydrogens is 335 g/mol. The summed E-state index contributed by atoms with van der Waals surface area (Å²) in [5.41, 5.74) is 0.441. The number of nitrogens with zero attached hydrogens (tertiary/aromatic N) is 2. The molecule has 6 heteroatoms. The summed E-state index contributed by atoms with van der Waals surface area (Å²) in [7, 11) is 1.76. The number of halogens is 1. The molecule has 0 spiro atoms. The van der Waals surface area contributed by atoms with Crippen molar-refractivity contribution < 1.29 is 18.4 Å². The number of carbonyl (C=O) groups excluding carboxylic acids is 2. The Bertz CT molecular complexity index is 758. The molecule has 2 aromatic rings. The molecule has 0 saturated carbocycles. The summed E-state index contributed by atoms with van der Waals surface area (Å²) in [5.74, 6) is -0.0389. The van der Waals surface area contributed by atoms with Gasteiger partial charge >= 0.3 is 0 Å². The normalized spacial score (nSPS) is 18.4. The van der Waals surface area contributed by atoms with Gasteiger partial charge in [0.15, 0.2) is 0 Å². The lowest BCUT2D eigenvalue weighted by Crippen LogP contribution is -2.46. The highest BCUT2D eigenvalue weighted by atomic mass is 19.1. The Kier molecular flexibility index (Phi) is 5.40. The van der Waals surface area contributed by atoms with Crippen LogP contribution >= 0.6 is 0 Å². The molecule has 1 fully saturated rings. The fourth-order valence-electron chi connectivity index (χ4n) is 3.34. The van der Waals surface area contributed by atoms with Crippen LogP contribution < -0.4 is 0 Å². The molecular formula is C20H23FN2O3. The number of carbonyl (C=O) groups is 2. The molecule has 0 N–H and O–H groups in total. The van der Waals surface area contributed by atoms with E-state index in [1.165, 1.54) is 24.3 Å². The highest BCUT2D eigenvalue weighted by molar-refractivity contribution is 5.94. The summed E-state index contributed by atoms with van der Waals surface area (Å²) >= 11 is 0. The van der Waals surface area contributed by atoms with Crippen LogP contribution in [0.2, 0.25) is 0 Å². The molecule has 0 bridgehead atoms. The molecule has 0 radical (unpaired) electrons. The van der Waals surface area contributed by atoms with Crippen molar-refractivity contribution in [1.82, 2.24) is 9.80 Å². The van der Waals surface area contributed by atoms with Gasteiger partial charge in [-0.25, -0.2) is 4.39 Å². The molecule has 2 unspecified atom stereocenters. The average molecular weight is 358 g/mol. The number of rotatable bonds is 4. The van der Waals surface area contributed by atoms with Crippen LogP contribution in [-0.4, -0.2) is 41.8 Å². The van der Waals surface area contributed by atoms with Crippen LogP contribution in [0.15, 0.2) is 47.1 Å². The molecule has 2 amide bonds. The zero-order valence-corrected chi connectivity index (χ0v) is 15.0.